The van der Waals surface area contributed by atoms with Gasteiger partial charge in [-0.2, -0.15) is 5.10 Å². The molecule has 1 fully saturated rings. The standard InChI is InChI=1S/C37H37F2N5O7/c1-3-47-32-22-44(28-7-5-24(38)19-23(28)2)42-34(32)37(45)41-25-6-8-29(26(39)20-25)51-30-9-10-40-27-21-31(35-36(33(27)30)50-18-17-49-35)48-14-4-11-43-12-15-46-16-13-43/h5-10,19-22H,3-4,11-18H2,1-2H3,(H,41,45). The number of aryl methyl sites for hydroxylation is 1. The average Bonchev–Trinajstić information content (AvgIpc) is 3.55. The van der Waals surface area contributed by atoms with Crippen LogP contribution in [-0.4, -0.2) is 84.8 Å². The fraction of sp³-hybridized carbons (Fsp3) is 0.324. The third-order valence-electron chi connectivity index (χ3n) is 8.43. The highest BCUT2D eigenvalue weighted by atomic mass is 19.1. The minimum atomic E-state index is -0.721. The summed E-state index contributed by atoms with van der Waals surface area (Å²) >= 11 is 0. The molecule has 2 aliphatic rings. The second kappa shape index (κ2) is 15.2. The van der Waals surface area contributed by atoms with Crippen molar-refractivity contribution in [2.24, 2.45) is 0 Å². The Balaban J connectivity index is 1.08. The number of halogens is 2. The number of aromatic nitrogens is 3. The van der Waals surface area contributed by atoms with Crippen molar-refractivity contribution in [3.8, 4) is 40.2 Å². The van der Waals surface area contributed by atoms with Crippen LogP contribution in [0, 0.1) is 18.6 Å². The molecule has 0 bridgehead atoms. The number of ether oxygens (including phenoxy) is 6. The molecule has 1 amide bonds. The van der Waals surface area contributed by atoms with Gasteiger partial charge in [0, 0.05) is 43.7 Å². The van der Waals surface area contributed by atoms with E-state index in [-0.39, 0.29) is 35.3 Å². The maximum absolute atomic E-state index is 15.5. The molecule has 0 spiro atoms. The third-order valence-corrected chi connectivity index (χ3v) is 8.43. The molecule has 0 aliphatic carbocycles. The number of pyridine rings is 1. The van der Waals surface area contributed by atoms with Gasteiger partial charge in [-0.1, -0.05) is 0 Å². The summed E-state index contributed by atoms with van der Waals surface area (Å²) < 4.78 is 66.0. The first-order valence-corrected chi connectivity index (χ1v) is 16.8. The van der Waals surface area contributed by atoms with E-state index in [0.717, 1.165) is 45.3 Å². The lowest BCUT2D eigenvalue weighted by molar-refractivity contribution is 0.0357. The molecule has 7 rings (SSSR count). The zero-order chi connectivity index (χ0) is 35.3. The Kier molecular flexibility index (Phi) is 10.1. The topological polar surface area (TPSA) is 118 Å². The van der Waals surface area contributed by atoms with Crippen LogP contribution in [0.25, 0.3) is 16.6 Å². The fourth-order valence-electron chi connectivity index (χ4n) is 6.01. The van der Waals surface area contributed by atoms with Crippen molar-refractivity contribution in [3.63, 3.8) is 0 Å². The lowest BCUT2D eigenvalue weighted by Gasteiger charge is -2.26. The van der Waals surface area contributed by atoms with Crippen molar-refractivity contribution in [2.75, 3.05) is 64.6 Å². The highest BCUT2D eigenvalue weighted by molar-refractivity contribution is 6.04. The lowest BCUT2D eigenvalue weighted by atomic mass is 10.1. The van der Waals surface area contributed by atoms with E-state index in [2.05, 4.69) is 20.3 Å². The van der Waals surface area contributed by atoms with Gasteiger partial charge < -0.3 is 33.7 Å². The summed E-state index contributed by atoms with van der Waals surface area (Å²) in [6.45, 7) is 9.14. The Bertz CT molecular complexity index is 2050. The van der Waals surface area contributed by atoms with E-state index < -0.39 is 11.7 Å². The molecular formula is C37H37F2N5O7. The van der Waals surface area contributed by atoms with Crippen molar-refractivity contribution < 1.29 is 42.0 Å². The van der Waals surface area contributed by atoms with Crippen molar-refractivity contribution in [1.29, 1.82) is 0 Å². The second-order valence-electron chi connectivity index (χ2n) is 11.9. The summed E-state index contributed by atoms with van der Waals surface area (Å²) in [6, 6.07) is 11.7. The van der Waals surface area contributed by atoms with Crippen molar-refractivity contribution in [2.45, 2.75) is 20.3 Å². The summed E-state index contributed by atoms with van der Waals surface area (Å²) in [5.74, 6) is 0.0913. The second-order valence-corrected chi connectivity index (χ2v) is 11.9. The Morgan fingerprint density at radius 1 is 0.922 bits per heavy atom. The Morgan fingerprint density at radius 3 is 2.53 bits per heavy atom. The van der Waals surface area contributed by atoms with Crippen LogP contribution in [0.2, 0.25) is 0 Å². The number of rotatable bonds is 12. The molecule has 4 heterocycles. The van der Waals surface area contributed by atoms with E-state index >= 15 is 4.39 Å². The summed E-state index contributed by atoms with van der Waals surface area (Å²) in [5, 5.41) is 7.58. The predicted octanol–water partition coefficient (Wildman–Crippen LogP) is 6.32. The van der Waals surface area contributed by atoms with Crippen molar-refractivity contribution in [3.05, 3.63) is 83.8 Å². The van der Waals surface area contributed by atoms with Crippen LogP contribution < -0.4 is 29.0 Å². The molecule has 2 aromatic heterocycles. The molecule has 0 saturated carbocycles. The first kappa shape index (κ1) is 34.0. The van der Waals surface area contributed by atoms with Crippen molar-refractivity contribution >= 4 is 22.5 Å². The molecule has 266 valence electrons. The fourth-order valence-corrected chi connectivity index (χ4v) is 6.01. The molecule has 0 atom stereocenters. The number of benzene rings is 3. The minimum absolute atomic E-state index is 0.0167. The Morgan fingerprint density at radius 2 is 1.75 bits per heavy atom. The normalized spacial score (nSPS) is 14.4. The molecule has 0 radical (unpaired) electrons. The van der Waals surface area contributed by atoms with Crippen LogP contribution >= 0.6 is 0 Å². The number of amides is 1. The van der Waals surface area contributed by atoms with Gasteiger partial charge >= 0.3 is 0 Å². The maximum atomic E-state index is 15.5. The van der Waals surface area contributed by atoms with Gasteiger partial charge in [0.1, 0.15) is 24.8 Å². The van der Waals surface area contributed by atoms with E-state index in [9.17, 15) is 9.18 Å². The van der Waals surface area contributed by atoms with Gasteiger partial charge in [0.15, 0.2) is 34.5 Å². The van der Waals surface area contributed by atoms with E-state index in [4.69, 9.17) is 28.4 Å². The largest absolute Gasteiger partial charge is 0.490 e. The van der Waals surface area contributed by atoms with Gasteiger partial charge in [-0.15, -0.1) is 0 Å². The Labute approximate surface area is 292 Å². The summed E-state index contributed by atoms with van der Waals surface area (Å²) in [6.07, 6.45) is 3.93. The van der Waals surface area contributed by atoms with Gasteiger partial charge in [-0.25, -0.2) is 13.5 Å². The minimum Gasteiger partial charge on any atom is -0.490 e. The number of nitrogens with one attached hydrogen (secondary N) is 1. The molecule has 1 N–H and O–H groups in total. The van der Waals surface area contributed by atoms with Crippen LogP contribution in [0.15, 0.2) is 60.9 Å². The SMILES string of the molecule is CCOc1cn(-c2ccc(F)cc2C)nc1C(=O)Nc1ccc(Oc2ccnc3cc(OCCCN4CCOCC4)c4c(c23)OCCO4)c(F)c1. The number of hydrogen-bond donors (Lipinski definition) is 1. The highest BCUT2D eigenvalue weighted by Crippen LogP contribution is 2.48. The van der Waals surface area contributed by atoms with E-state index in [1.807, 2.05) is 0 Å². The number of morpholine rings is 1. The molecule has 0 unspecified atom stereocenters. The smallest absolute Gasteiger partial charge is 0.280 e. The Hall–Kier alpha value is -5.47. The molecule has 51 heavy (non-hydrogen) atoms. The van der Waals surface area contributed by atoms with Crippen LogP contribution in [0.3, 0.4) is 0 Å². The van der Waals surface area contributed by atoms with Crippen molar-refractivity contribution in [1.82, 2.24) is 19.7 Å². The average molecular weight is 702 g/mol. The van der Waals surface area contributed by atoms with Gasteiger partial charge in [0.25, 0.3) is 5.91 Å². The molecule has 3 aromatic carbocycles. The van der Waals surface area contributed by atoms with Gasteiger partial charge in [-0.05, 0) is 62.2 Å². The molecule has 12 nitrogen and oxygen atoms in total. The lowest BCUT2D eigenvalue weighted by Crippen LogP contribution is -2.37. The van der Waals surface area contributed by atoms with E-state index in [1.54, 1.807) is 44.4 Å². The highest BCUT2D eigenvalue weighted by Gasteiger charge is 2.26. The number of nitrogens with zero attached hydrogens (tertiary/aromatic N) is 4. The third kappa shape index (κ3) is 7.51. The summed E-state index contributed by atoms with van der Waals surface area (Å²) in [4.78, 5) is 20.2. The van der Waals surface area contributed by atoms with Crippen LogP contribution in [0.5, 0.6) is 34.5 Å². The predicted molar refractivity (Wildman–Crippen MR) is 184 cm³/mol. The summed E-state index contributed by atoms with van der Waals surface area (Å²) in [7, 11) is 0. The summed E-state index contributed by atoms with van der Waals surface area (Å²) in [5.41, 5.74) is 1.88. The monoisotopic (exact) mass is 701 g/mol. The maximum Gasteiger partial charge on any atom is 0.280 e. The van der Waals surface area contributed by atoms with Gasteiger partial charge in [-0.3, -0.25) is 14.7 Å². The molecule has 1 saturated heterocycles. The number of carbonyl (C=O) groups is 1. The molecule has 2 aliphatic heterocycles. The zero-order valence-corrected chi connectivity index (χ0v) is 28.2. The van der Waals surface area contributed by atoms with Crippen LogP contribution in [-0.2, 0) is 4.74 Å². The van der Waals surface area contributed by atoms with E-state index in [0.29, 0.717) is 65.0 Å². The van der Waals surface area contributed by atoms with Gasteiger partial charge in [0.2, 0.25) is 5.75 Å². The zero-order valence-electron chi connectivity index (χ0n) is 28.2. The molecule has 14 heteroatoms. The van der Waals surface area contributed by atoms with Crippen LogP contribution in [0.1, 0.15) is 29.4 Å². The molecule has 5 aromatic rings. The number of anilines is 1. The number of fused-ring (bicyclic) bond motifs is 3. The van der Waals surface area contributed by atoms with E-state index in [1.165, 1.54) is 28.9 Å². The molecular weight excluding hydrogens is 664 g/mol. The quantitative estimate of drug-likeness (QED) is 0.148. The van der Waals surface area contributed by atoms with Crippen LogP contribution in [0.4, 0.5) is 14.5 Å². The first-order chi connectivity index (χ1) is 24.9. The number of carbonyl (C=O) groups excluding carboxylic acids is 1. The van der Waals surface area contributed by atoms with Gasteiger partial charge in [0.05, 0.1) is 49.2 Å². The first-order valence-electron chi connectivity index (χ1n) is 16.8. The number of hydrogen-bond acceptors (Lipinski definition) is 10.